The molecule has 0 aliphatic rings. The van der Waals surface area contributed by atoms with Gasteiger partial charge in [0.15, 0.2) is 0 Å². The van der Waals surface area contributed by atoms with Crippen molar-refractivity contribution in [3.05, 3.63) is 65.5 Å². The Morgan fingerprint density at radius 2 is 1.96 bits per heavy atom. The molecule has 0 radical (unpaired) electrons. The summed E-state index contributed by atoms with van der Waals surface area (Å²) in [6.07, 6.45) is 3.60. The molecule has 1 N–H and O–H groups in total. The summed E-state index contributed by atoms with van der Waals surface area (Å²) in [5.74, 6) is 0. The third kappa shape index (κ3) is 4.62. The van der Waals surface area contributed by atoms with Crippen LogP contribution in [0.15, 0.2) is 48.8 Å². The normalized spacial score (nSPS) is 11.4. The monoisotopic (exact) mass is 309 g/mol. The zero-order valence-corrected chi connectivity index (χ0v) is 13.7. The summed E-state index contributed by atoms with van der Waals surface area (Å²) >= 11 is 0. The smallest absolute Gasteiger partial charge is 0.0769 e. The van der Waals surface area contributed by atoms with E-state index in [9.17, 15) is 10.4 Å². The van der Waals surface area contributed by atoms with Crippen LogP contribution in [0.2, 0.25) is 0 Å². The van der Waals surface area contributed by atoms with Gasteiger partial charge in [0.1, 0.15) is 0 Å². The highest BCUT2D eigenvalue weighted by Crippen LogP contribution is 2.26. The maximum atomic E-state index is 9.43. The lowest BCUT2D eigenvalue weighted by Gasteiger charge is -2.26. The Morgan fingerprint density at radius 3 is 2.61 bits per heavy atom. The highest BCUT2D eigenvalue weighted by Gasteiger charge is 2.23. The standard InChI is InChI=1S/C19H23N3O/c1-19(2,15-20)18-8-4-3-7-17(18)14-22(10-11-23)13-16-6-5-9-21-12-16/h3-9,12,23H,10-11,13-14H2,1-2H3. The van der Waals surface area contributed by atoms with E-state index >= 15 is 0 Å². The van der Waals surface area contributed by atoms with Crippen LogP contribution in [0.4, 0.5) is 0 Å². The van der Waals surface area contributed by atoms with Crippen molar-refractivity contribution in [2.24, 2.45) is 0 Å². The second-order valence-electron chi connectivity index (χ2n) is 6.19. The molecule has 2 aromatic rings. The van der Waals surface area contributed by atoms with Crippen molar-refractivity contribution in [3.63, 3.8) is 0 Å². The first-order chi connectivity index (χ1) is 11.1. The zero-order valence-electron chi connectivity index (χ0n) is 13.7. The van der Waals surface area contributed by atoms with Crippen molar-refractivity contribution >= 4 is 0 Å². The molecule has 0 saturated heterocycles. The minimum atomic E-state index is -0.532. The molecule has 120 valence electrons. The molecule has 0 spiro atoms. The van der Waals surface area contributed by atoms with Crippen LogP contribution in [-0.2, 0) is 18.5 Å². The number of pyridine rings is 1. The second kappa shape index (κ2) is 7.87. The second-order valence-corrected chi connectivity index (χ2v) is 6.19. The van der Waals surface area contributed by atoms with E-state index in [4.69, 9.17) is 0 Å². The molecule has 1 aromatic carbocycles. The van der Waals surface area contributed by atoms with Gasteiger partial charge in [0.05, 0.1) is 18.1 Å². The van der Waals surface area contributed by atoms with E-state index < -0.39 is 5.41 Å². The van der Waals surface area contributed by atoms with E-state index in [1.54, 1.807) is 6.20 Å². The SMILES string of the molecule is CC(C)(C#N)c1ccccc1CN(CCO)Cc1cccnc1. The van der Waals surface area contributed by atoms with E-state index in [2.05, 4.69) is 22.0 Å². The zero-order chi connectivity index (χ0) is 16.7. The molecule has 0 bridgehead atoms. The molecule has 1 heterocycles. The maximum Gasteiger partial charge on any atom is 0.0769 e. The Hall–Kier alpha value is -2.22. The lowest BCUT2D eigenvalue weighted by molar-refractivity contribution is 0.183. The number of aromatic nitrogens is 1. The van der Waals surface area contributed by atoms with Gasteiger partial charge in [-0.2, -0.15) is 5.26 Å². The number of nitrogens with zero attached hydrogens (tertiary/aromatic N) is 3. The largest absolute Gasteiger partial charge is 0.395 e. The number of rotatable bonds is 7. The summed E-state index contributed by atoms with van der Waals surface area (Å²) in [4.78, 5) is 6.31. The number of aliphatic hydroxyl groups is 1. The summed E-state index contributed by atoms with van der Waals surface area (Å²) in [5.41, 5.74) is 2.74. The van der Waals surface area contributed by atoms with Gasteiger partial charge in [0.2, 0.25) is 0 Å². The summed E-state index contributed by atoms with van der Waals surface area (Å²) in [6, 6.07) is 14.4. The fourth-order valence-corrected chi connectivity index (χ4v) is 2.67. The van der Waals surface area contributed by atoms with Crippen molar-refractivity contribution in [2.75, 3.05) is 13.2 Å². The van der Waals surface area contributed by atoms with E-state index in [1.807, 2.05) is 50.4 Å². The number of hydrogen-bond acceptors (Lipinski definition) is 4. The maximum absolute atomic E-state index is 9.43. The fourth-order valence-electron chi connectivity index (χ4n) is 2.67. The van der Waals surface area contributed by atoms with Crippen LogP contribution in [0.1, 0.15) is 30.5 Å². The van der Waals surface area contributed by atoms with Crippen LogP contribution < -0.4 is 0 Å². The van der Waals surface area contributed by atoms with Crippen molar-refractivity contribution < 1.29 is 5.11 Å². The van der Waals surface area contributed by atoms with Crippen LogP contribution in [0.25, 0.3) is 0 Å². The highest BCUT2D eigenvalue weighted by molar-refractivity contribution is 5.37. The lowest BCUT2D eigenvalue weighted by atomic mass is 9.83. The van der Waals surface area contributed by atoms with E-state index in [0.29, 0.717) is 13.1 Å². The van der Waals surface area contributed by atoms with Gasteiger partial charge in [-0.25, -0.2) is 0 Å². The summed E-state index contributed by atoms with van der Waals surface area (Å²) < 4.78 is 0. The molecule has 0 aliphatic heterocycles. The van der Waals surface area contributed by atoms with Gasteiger partial charge in [-0.15, -0.1) is 0 Å². The Labute approximate surface area is 138 Å². The summed E-state index contributed by atoms with van der Waals surface area (Å²) in [6.45, 7) is 5.96. The number of benzene rings is 1. The third-order valence-electron chi connectivity index (χ3n) is 3.91. The van der Waals surface area contributed by atoms with Crippen LogP contribution in [0, 0.1) is 11.3 Å². The fraction of sp³-hybridized carbons (Fsp3) is 0.368. The molecule has 4 heteroatoms. The van der Waals surface area contributed by atoms with E-state index in [-0.39, 0.29) is 6.61 Å². The minimum absolute atomic E-state index is 0.101. The van der Waals surface area contributed by atoms with Crippen LogP contribution >= 0.6 is 0 Å². The van der Waals surface area contributed by atoms with Crippen molar-refractivity contribution in [2.45, 2.75) is 32.4 Å². The molecule has 0 unspecified atom stereocenters. The van der Waals surface area contributed by atoms with Gasteiger partial charge in [0, 0.05) is 32.0 Å². The van der Waals surface area contributed by atoms with Gasteiger partial charge in [-0.3, -0.25) is 9.88 Å². The molecule has 0 atom stereocenters. The molecule has 0 aliphatic carbocycles. The average Bonchev–Trinajstić information content (AvgIpc) is 2.56. The summed E-state index contributed by atoms with van der Waals surface area (Å²) in [7, 11) is 0. The molecular formula is C19H23N3O. The molecule has 0 fully saturated rings. The molecule has 23 heavy (non-hydrogen) atoms. The lowest BCUT2D eigenvalue weighted by Crippen LogP contribution is -2.28. The summed E-state index contributed by atoms with van der Waals surface area (Å²) in [5, 5.41) is 18.8. The van der Waals surface area contributed by atoms with Gasteiger partial charge in [-0.1, -0.05) is 30.3 Å². The predicted molar refractivity (Wildman–Crippen MR) is 90.5 cm³/mol. The Bertz CT molecular complexity index is 662. The first kappa shape index (κ1) is 17.1. The molecule has 2 rings (SSSR count). The van der Waals surface area contributed by atoms with Crippen LogP contribution in [-0.4, -0.2) is 28.1 Å². The molecule has 4 nitrogen and oxygen atoms in total. The Morgan fingerprint density at radius 1 is 1.17 bits per heavy atom. The molecule has 0 saturated carbocycles. The number of aliphatic hydroxyl groups excluding tert-OH is 1. The molecule has 1 aromatic heterocycles. The van der Waals surface area contributed by atoms with E-state index in [0.717, 1.165) is 23.2 Å². The predicted octanol–water partition coefficient (Wildman–Crippen LogP) is 2.88. The molecule has 0 amide bonds. The van der Waals surface area contributed by atoms with Gasteiger partial charge in [0.25, 0.3) is 0 Å². The first-order valence-electron chi connectivity index (χ1n) is 7.78. The number of nitriles is 1. The van der Waals surface area contributed by atoms with Gasteiger partial charge >= 0.3 is 0 Å². The number of hydrogen-bond donors (Lipinski definition) is 1. The van der Waals surface area contributed by atoms with Gasteiger partial charge < -0.3 is 5.11 Å². The highest BCUT2D eigenvalue weighted by atomic mass is 16.3. The third-order valence-corrected chi connectivity index (χ3v) is 3.91. The quantitative estimate of drug-likeness (QED) is 0.854. The van der Waals surface area contributed by atoms with Crippen LogP contribution in [0.5, 0.6) is 0 Å². The topological polar surface area (TPSA) is 60.2 Å². The van der Waals surface area contributed by atoms with Crippen molar-refractivity contribution in [1.82, 2.24) is 9.88 Å². The Kier molecular flexibility index (Phi) is 5.86. The average molecular weight is 309 g/mol. The first-order valence-corrected chi connectivity index (χ1v) is 7.78. The van der Waals surface area contributed by atoms with E-state index in [1.165, 1.54) is 0 Å². The van der Waals surface area contributed by atoms with Gasteiger partial charge in [-0.05, 0) is 36.6 Å². The minimum Gasteiger partial charge on any atom is -0.395 e. The van der Waals surface area contributed by atoms with Crippen LogP contribution in [0.3, 0.4) is 0 Å². The van der Waals surface area contributed by atoms with Crippen molar-refractivity contribution in [1.29, 1.82) is 5.26 Å². The Balaban J connectivity index is 2.22. The van der Waals surface area contributed by atoms with Crippen molar-refractivity contribution in [3.8, 4) is 6.07 Å². The molecular weight excluding hydrogens is 286 g/mol.